The van der Waals surface area contributed by atoms with Gasteiger partial charge in [-0.15, -0.1) is 0 Å². The molecule has 0 saturated heterocycles. The van der Waals surface area contributed by atoms with Crippen molar-refractivity contribution in [1.29, 1.82) is 0 Å². The van der Waals surface area contributed by atoms with E-state index in [1.165, 1.54) is 19.1 Å². The van der Waals surface area contributed by atoms with Gasteiger partial charge in [-0.1, -0.05) is 30.3 Å². The van der Waals surface area contributed by atoms with Crippen molar-refractivity contribution in [1.82, 2.24) is 0 Å². The molecule has 0 aromatic heterocycles. The SMILES string of the molecule is CC(=O)c1ccc(/C=C2/C(C)=C(CC(=O)O)c3cc(F)ccc32)cc1. The van der Waals surface area contributed by atoms with Crippen LogP contribution in [0.5, 0.6) is 0 Å². The molecule has 2 aromatic rings. The number of allylic oxidation sites excluding steroid dienone is 2. The van der Waals surface area contributed by atoms with Crippen molar-refractivity contribution in [2.75, 3.05) is 0 Å². The number of carboxylic acids is 1. The summed E-state index contributed by atoms with van der Waals surface area (Å²) < 4.78 is 13.7. The zero-order chi connectivity index (χ0) is 18.1. The zero-order valence-electron chi connectivity index (χ0n) is 14.0. The molecule has 1 aliphatic rings. The second-order valence-corrected chi connectivity index (χ2v) is 6.10. The summed E-state index contributed by atoms with van der Waals surface area (Å²) in [5.41, 5.74) is 5.33. The topological polar surface area (TPSA) is 54.4 Å². The third-order valence-corrected chi connectivity index (χ3v) is 4.41. The van der Waals surface area contributed by atoms with Gasteiger partial charge in [0.25, 0.3) is 0 Å². The van der Waals surface area contributed by atoms with E-state index in [0.29, 0.717) is 16.7 Å². The highest BCUT2D eigenvalue weighted by Crippen LogP contribution is 2.43. The Bertz CT molecular complexity index is 934. The van der Waals surface area contributed by atoms with E-state index in [1.807, 2.05) is 25.1 Å². The third kappa shape index (κ3) is 3.29. The molecular formula is C21H17FO3. The fourth-order valence-corrected chi connectivity index (χ4v) is 3.11. The van der Waals surface area contributed by atoms with E-state index in [9.17, 15) is 14.0 Å². The average Bonchev–Trinajstić information content (AvgIpc) is 2.80. The molecule has 0 fully saturated rings. The van der Waals surface area contributed by atoms with E-state index in [2.05, 4.69) is 0 Å². The van der Waals surface area contributed by atoms with Crippen molar-refractivity contribution in [3.05, 3.63) is 76.1 Å². The van der Waals surface area contributed by atoms with Crippen molar-refractivity contribution in [3.63, 3.8) is 0 Å². The van der Waals surface area contributed by atoms with Crippen LogP contribution in [0.2, 0.25) is 0 Å². The molecule has 1 aliphatic carbocycles. The number of Topliss-reactive ketones (excluding diaryl/α,β-unsaturated/α-hetero) is 1. The summed E-state index contributed by atoms with van der Waals surface area (Å²) in [5, 5.41) is 9.17. The first-order valence-electron chi connectivity index (χ1n) is 7.91. The average molecular weight is 336 g/mol. The van der Waals surface area contributed by atoms with Gasteiger partial charge < -0.3 is 5.11 Å². The van der Waals surface area contributed by atoms with Crippen LogP contribution < -0.4 is 0 Å². The predicted octanol–water partition coefficient (Wildman–Crippen LogP) is 4.83. The fourth-order valence-electron chi connectivity index (χ4n) is 3.11. The number of benzene rings is 2. The van der Waals surface area contributed by atoms with Gasteiger partial charge in [-0.3, -0.25) is 9.59 Å². The van der Waals surface area contributed by atoms with Crippen molar-refractivity contribution in [2.24, 2.45) is 0 Å². The number of rotatable bonds is 4. The lowest BCUT2D eigenvalue weighted by Crippen LogP contribution is -1.97. The summed E-state index contributed by atoms with van der Waals surface area (Å²) in [6, 6.07) is 11.6. The van der Waals surface area contributed by atoms with Gasteiger partial charge in [0, 0.05) is 5.56 Å². The maximum absolute atomic E-state index is 13.7. The maximum Gasteiger partial charge on any atom is 0.307 e. The van der Waals surface area contributed by atoms with Crippen LogP contribution in [0.1, 0.15) is 47.3 Å². The number of hydrogen-bond donors (Lipinski definition) is 1. The molecule has 0 aliphatic heterocycles. The molecule has 0 amide bonds. The summed E-state index contributed by atoms with van der Waals surface area (Å²) in [6.07, 6.45) is 1.79. The molecule has 0 spiro atoms. The highest BCUT2D eigenvalue weighted by Gasteiger charge is 2.25. The van der Waals surface area contributed by atoms with Crippen LogP contribution >= 0.6 is 0 Å². The van der Waals surface area contributed by atoms with Gasteiger partial charge in [0.2, 0.25) is 0 Å². The van der Waals surface area contributed by atoms with Crippen LogP contribution in [0.4, 0.5) is 4.39 Å². The molecule has 3 rings (SSSR count). The van der Waals surface area contributed by atoms with Crippen LogP contribution in [0.3, 0.4) is 0 Å². The molecule has 0 unspecified atom stereocenters. The molecule has 3 nitrogen and oxygen atoms in total. The van der Waals surface area contributed by atoms with Gasteiger partial charge in [0.1, 0.15) is 5.82 Å². The minimum atomic E-state index is -0.948. The van der Waals surface area contributed by atoms with E-state index in [4.69, 9.17) is 5.11 Å². The molecule has 0 radical (unpaired) electrons. The number of carbonyl (C=O) groups excluding carboxylic acids is 1. The Morgan fingerprint density at radius 1 is 1.08 bits per heavy atom. The fraction of sp³-hybridized carbons (Fsp3) is 0.143. The summed E-state index contributed by atoms with van der Waals surface area (Å²) in [5.74, 6) is -1.33. The highest BCUT2D eigenvalue weighted by molar-refractivity contribution is 6.07. The van der Waals surface area contributed by atoms with Crippen molar-refractivity contribution >= 4 is 29.0 Å². The first-order valence-corrected chi connectivity index (χ1v) is 7.91. The predicted molar refractivity (Wildman–Crippen MR) is 95.6 cm³/mol. The van der Waals surface area contributed by atoms with Gasteiger partial charge in [0.05, 0.1) is 6.42 Å². The summed E-state index contributed by atoms with van der Waals surface area (Å²) in [7, 11) is 0. The van der Waals surface area contributed by atoms with Gasteiger partial charge in [-0.2, -0.15) is 0 Å². The van der Waals surface area contributed by atoms with Crippen molar-refractivity contribution in [3.8, 4) is 0 Å². The lowest BCUT2D eigenvalue weighted by molar-refractivity contribution is -0.135. The number of ketones is 1. The summed E-state index contributed by atoms with van der Waals surface area (Å²) in [4.78, 5) is 22.6. The molecular weight excluding hydrogens is 319 g/mol. The van der Waals surface area contributed by atoms with Crippen LogP contribution in [0, 0.1) is 5.82 Å². The number of aliphatic carboxylic acids is 1. The lowest BCUT2D eigenvalue weighted by atomic mass is 10.00. The number of hydrogen-bond acceptors (Lipinski definition) is 2. The van der Waals surface area contributed by atoms with E-state index in [0.717, 1.165) is 22.3 Å². The Kier molecular flexibility index (Phi) is 4.36. The van der Waals surface area contributed by atoms with E-state index in [-0.39, 0.29) is 18.0 Å². The van der Waals surface area contributed by atoms with Crippen LogP contribution in [-0.2, 0) is 4.79 Å². The Labute approximate surface area is 145 Å². The molecule has 1 N–H and O–H groups in total. The third-order valence-electron chi connectivity index (χ3n) is 4.41. The smallest absolute Gasteiger partial charge is 0.307 e. The molecule has 0 saturated carbocycles. The van der Waals surface area contributed by atoms with Crippen LogP contribution in [0.25, 0.3) is 17.2 Å². The van der Waals surface area contributed by atoms with Gasteiger partial charge in [-0.05, 0) is 65.5 Å². The summed E-state index contributed by atoms with van der Waals surface area (Å²) in [6.45, 7) is 3.37. The molecule has 126 valence electrons. The first kappa shape index (κ1) is 16.8. The first-order chi connectivity index (χ1) is 11.9. The van der Waals surface area contributed by atoms with Crippen molar-refractivity contribution < 1.29 is 19.1 Å². The zero-order valence-corrected chi connectivity index (χ0v) is 14.0. The second kappa shape index (κ2) is 6.48. The molecule has 0 atom stereocenters. The largest absolute Gasteiger partial charge is 0.481 e. The number of carbonyl (C=O) groups is 2. The Hall–Kier alpha value is -3.01. The van der Waals surface area contributed by atoms with Crippen LogP contribution in [0.15, 0.2) is 48.0 Å². The Balaban J connectivity index is 2.10. The molecule has 0 heterocycles. The number of halogens is 1. The van der Waals surface area contributed by atoms with Gasteiger partial charge in [0.15, 0.2) is 5.78 Å². The van der Waals surface area contributed by atoms with Crippen LogP contribution in [-0.4, -0.2) is 16.9 Å². The molecule has 25 heavy (non-hydrogen) atoms. The summed E-state index contributed by atoms with van der Waals surface area (Å²) >= 11 is 0. The standard InChI is InChI=1S/C21H17FO3/c1-12-18(9-14-3-5-15(6-4-14)13(2)23)17-8-7-16(22)10-20(17)19(12)11-21(24)25/h3-10H,11H2,1-2H3,(H,24,25)/b18-9-. The van der Waals surface area contributed by atoms with Gasteiger partial charge in [-0.25, -0.2) is 4.39 Å². The molecule has 2 aromatic carbocycles. The number of carboxylic acid groups (broad SMARTS) is 1. The lowest BCUT2D eigenvalue weighted by Gasteiger charge is -2.05. The molecule has 0 bridgehead atoms. The number of fused-ring (bicyclic) bond motifs is 1. The Morgan fingerprint density at radius 3 is 2.36 bits per heavy atom. The van der Waals surface area contributed by atoms with E-state index < -0.39 is 5.97 Å². The second-order valence-electron chi connectivity index (χ2n) is 6.10. The quantitative estimate of drug-likeness (QED) is 0.814. The highest BCUT2D eigenvalue weighted by atomic mass is 19.1. The van der Waals surface area contributed by atoms with E-state index >= 15 is 0 Å². The minimum Gasteiger partial charge on any atom is -0.481 e. The maximum atomic E-state index is 13.7. The van der Waals surface area contributed by atoms with Crippen molar-refractivity contribution in [2.45, 2.75) is 20.3 Å². The minimum absolute atomic E-state index is 0.000658. The Morgan fingerprint density at radius 2 is 1.76 bits per heavy atom. The monoisotopic (exact) mass is 336 g/mol. The normalized spacial score (nSPS) is 14.8. The van der Waals surface area contributed by atoms with Gasteiger partial charge >= 0.3 is 5.97 Å². The molecule has 4 heteroatoms. The van der Waals surface area contributed by atoms with E-state index in [1.54, 1.807) is 18.2 Å².